The highest BCUT2D eigenvalue weighted by molar-refractivity contribution is 7.18. The minimum absolute atomic E-state index is 0.387. The molecule has 0 radical (unpaired) electrons. The molecule has 2 aromatic rings. The minimum atomic E-state index is -0.811. The van der Waals surface area contributed by atoms with Crippen LogP contribution in [0.25, 0.3) is 10.2 Å². The van der Waals surface area contributed by atoms with Crippen LogP contribution in [0.3, 0.4) is 0 Å². The molecule has 0 saturated carbocycles. The van der Waals surface area contributed by atoms with E-state index in [9.17, 15) is 4.79 Å². The van der Waals surface area contributed by atoms with Crippen LogP contribution in [-0.2, 0) is 6.54 Å². The summed E-state index contributed by atoms with van der Waals surface area (Å²) in [5.41, 5.74) is 1.05. The Morgan fingerprint density at radius 3 is 2.85 bits per heavy atom. The highest BCUT2D eigenvalue weighted by Crippen LogP contribution is 2.21. The highest BCUT2D eigenvalue weighted by atomic mass is 32.1. The van der Waals surface area contributed by atoms with E-state index in [0.29, 0.717) is 19.1 Å². The smallest absolute Gasteiger partial charge is 0.407 e. The zero-order valence-electron chi connectivity index (χ0n) is 11.1. The van der Waals surface area contributed by atoms with Crippen molar-refractivity contribution in [3.05, 3.63) is 29.3 Å². The van der Waals surface area contributed by atoms with Gasteiger partial charge < -0.3 is 15.3 Å². The molecule has 0 bridgehead atoms. The Morgan fingerprint density at radius 2 is 2.15 bits per heavy atom. The van der Waals surface area contributed by atoms with Crippen molar-refractivity contribution >= 4 is 27.6 Å². The maximum atomic E-state index is 10.8. The molecule has 0 unspecified atom stereocenters. The molecule has 1 fully saturated rings. The maximum absolute atomic E-state index is 10.8. The predicted molar refractivity (Wildman–Crippen MR) is 79.1 cm³/mol. The van der Waals surface area contributed by atoms with Gasteiger partial charge in [-0.1, -0.05) is 12.1 Å². The second-order valence-electron chi connectivity index (χ2n) is 5.00. The van der Waals surface area contributed by atoms with E-state index < -0.39 is 6.09 Å². The van der Waals surface area contributed by atoms with E-state index in [2.05, 4.69) is 16.4 Å². The van der Waals surface area contributed by atoms with Gasteiger partial charge in [0.1, 0.15) is 5.01 Å². The van der Waals surface area contributed by atoms with Crippen molar-refractivity contribution in [1.82, 2.24) is 15.2 Å². The van der Waals surface area contributed by atoms with Gasteiger partial charge in [-0.2, -0.15) is 0 Å². The van der Waals surface area contributed by atoms with Crippen LogP contribution in [0.5, 0.6) is 0 Å². The molecule has 106 valence electrons. The Labute approximate surface area is 121 Å². The number of likely N-dealkylation sites (tertiary alicyclic amines) is 1. The zero-order valence-corrected chi connectivity index (χ0v) is 11.9. The number of hydrogen-bond donors (Lipinski definition) is 2. The number of benzene rings is 1. The van der Waals surface area contributed by atoms with Crippen LogP contribution in [0.2, 0.25) is 0 Å². The number of carbonyl (C=O) groups is 1. The number of para-hydroxylation sites is 1. The van der Waals surface area contributed by atoms with E-state index in [1.807, 2.05) is 18.2 Å². The molecule has 0 atom stereocenters. The SMILES string of the molecule is O=C(O)N1CCC(NCc2nc3ccccc3s2)CC1. The highest BCUT2D eigenvalue weighted by Gasteiger charge is 2.21. The largest absolute Gasteiger partial charge is 0.465 e. The van der Waals surface area contributed by atoms with Crippen molar-refractivity contribution in [3.8, 4) is 0 Å². The summed E-state index contributed by atoms with van der Waals surface area (Å²) in [6, 6.07) is 8.53. The summed E-state index contributed by atoms with van der Waals surface area (Å²) in [5.74, 6) is 0. The quantitative estimate of drug-likeness (QED) is 0.912. The number of fused-ring (bicyclic) bond motifs is 1. The fourth-order valence-electron chi connectivity index (χ4n) is 2.50. The van der Waals surface area contributed by atoms with Crippen LogP contribution in [0.15, 0.2) is 24.3 Å². The number of nitrogens with zero attached hydrogens (tertiary/aromatic N) is 2. The lowest BCUT2D eigenvalue weighted by atomic mass is 10.1. The molecule has 2 heterocycles. The molecular formula is C14H17N3O2S. The average molecular weight is 291 g/mol. The first-order valence-electron chi connectivity index (χ1n) is 6.78. The third-order valence-corrected chi connectivity index (χ3v) is 4.68. The fraction of sp³-hybridized carbons (Fsp3) is 0.429. The third kappa shape index (κ3) is 2.91. The van der Waals surface area contributed by atoms with Crippen LogP contribution in [-0.4, -0.2) is 40.2 Å². The van der Waals surface area contributed by atoms with Gasteiger partial charge >= 0.3 is 6.09 Å². The molecule has 1 amide bonds. The molecule has 5 nitrogen and oxygen atoms in total. The molecule has 1 aliphatic rings. The first kappa shape index (κ1) is 13.3. The first-order chi connectivity index (χ1) is 9.72. The topological polar surface area (TPSA) is 65.5 Å². The summed E-state index contributed by atoms with van der Waals surface area (Å²) in [6.45, 7) is 2.00. The van der Waals surface area contributed by atoms with Gasteiger partial charge in [0.2, 0.25) is 0 Å². The van der Waals surface area contributed by atoms with Gasteiger partial charge in [-0.15, -0.1) is 11.3 Å². The Balaban J connectivity index is 1.54. The molecule has 1 aromatic heterocycles. The minimum Gasteiger partial charge on any atom is -0.465 e. The summed E-state index contributed by atoms with van der Waals surface area (Å²) >= 11 is 1.71. The average Bonchev–Trinajstić information content (AvgIpc) is 2.88. The lowest BCUT2D eigenvalue weighted by Gasteiger charge is -2.30. The normalized spacial score (nSPS) is 16.7. The van der Waals surface area contributed by atoms with Gasteiger partial charge in [-0.25, -0.2) is 9.78 Å². The number of rotatable bonds is 3. The van der Waals surface area contributed by atoms with E-state index in [4.69, 9.17) is 5.11 Å². The molecule has 2 N–H and O–H groups in total. The maximum Gasteiger partial charge on any atom is 0.407 e. The molecule has 3 rings (SSSR count). The van der Waals surface area contributed by atoms with Gasteiger partial charge in [-0.3, -0.25) is 0 Å². The Hall–Kier alpha value is -1.66. The predicted octanol–water partition coefficient (Wildman–Crippen LogP) is 2.53. The molecule has 0 spiro atoms. The van der Waals surface area contributed by atoms with Crippen LogP contribution in [0.4, 0.5) is 4.79 Å². The second kappa shape index (κ2) is 5.76. The van der Waals surface area contributed by atoms with E-state index in [1.165, 1.54) is 9.60 Å². The summed E-state index contributed by atoms with van der Waals surface area (Å²) in [5, 5.41) is 13.5. The van der Waals surface area contributed by atoms with Crippen LogP contribution in [0, 0.1) is 0 Å². The summed E-state index contributed by atoms with van der Waals surface area (Å²) in [6.07, 6.45) is 0.934. The Bertz CT molecular complexity index is 572. The van der Waals surface area contributed by atoms with Gasteiger partial charge in [0.05, 0.1) is 10.2 Å². The van der Waals surface area contributed by atoms with Crippen molar-refractivity contribution in [2.75, 3.05) is 13.1 Å². The van der Waals surface area contributed by atoms with E-state index in [1.54, 1.807) is 11.3 Å². The molecule has 0 aliphatic carbocycles. The fourth-order valence-corrected chi connectivity index (χ4v) is 3.42. The van der Waals surface area contributed by atoms with Crippen LogP contribution >= 0.6 is 11.3 Å². The molecule has 1 aromatic carbocycles. The summed E-state index contributed by atoms with van der Waals surface area (Å²) < 4.78 is 1.21. The Morgan fingerprint density at radius 1 is 1.40 bits per heavy atom. The van der Waals surface area contributed by atoms with E-state index in [-0.39, 0.29) is 0 Å². The number of thiazole rings is 1. The third-order valence-electron chi connectivity index (χ3n) is 3.65. The van der Waals surface area contributed by atoms with Gasteiger partial charge in [-0.05, 0) is 25.0 Å². The van der Waals surface area contributed by atoms with Crippen LogP contribution < -0.4 is 5.32 Å². The number of amides is 1. The number of aromatic nitrogens is 1. The summed E-state index contributed by atoms with van der Waals surface area (Å²) in [7, 11) is 0. The molecule has 1 saturated heterocycles. The summed E-state index contributed by atoms with van der Waals surface area (Å²) in [4.78, 5) is 16.9. The van der Waals surface area contributed by atoms with Gasteiger partial charge in [0.25, 0.3) is 0 Å². The van der Waals surface area contributed by atoms with Crippen molar-refractivity contribution < 1.29 is 9.90 Å². The van der Waals surface area contributed by atoms with Crippen molar-refractivity contribution in [2.24, 2.45) is 0 Å². The number of hydrogen-bond acceptors (Lipinski definition) is 4. The Kier molecular flexibility index (Phi) is 3.84. The van der Waals surface area contributed by atoms with Crippen molar-refractivity contribution in [2.45, 2.75) is 25.4 Å². The molecule has 20 heavy (non-hydrogen) atoms. The molecule has 6 heteroatoms. The zero-order chi connectivity index (χ0) is 13.9. The standard InChI is InChI=1S/C14H17N3O2S/c18-14(19)17-7-5-10(6-8-17)15-9-13-16-11-3-1-2-4-12(11)20-13/h1-4,10,15H,5-9H2,(H,18,19). The number of carboxylic acid groups (broad SMARTS) is 1. The van der Waals surface area contributed by atoms with E-state index >= 15 is 0 Å². The lowest BCUT2D eigenvalue weighted by Crippen LogP contribution is -2.44. The van der Waals surface area contributed by atoms with Crippen molar-refractivity contribution in [1.29, 1.82) is 0 Å². The second-order valence-corrected chi connectivity index (χ2v) is 6.12. The van der Waals surface area contributed by atoms with Crippen LogP contribution in [0.1, 0.15) is 17.8 Å². The number of piperidine rings is 1. The van der Waals surface area contributed by atoms with E-state index in [0.717, 1.165) is 29.9 Å². The van der Waals surface area contributed by atoms with Crippen molar-refractivity contribution in [3.63, 3.8) is 0 Å². The molecular weight excluding hydrogens is 274 g/mol. The molecule has 1 aliphatic heterocycles. The monoisotopic (exact) mass is 291 g/mol. The lowest BCUT2D eigenvalue weighted by molar-refractivity contribution is 0.129. The first-order valence-corrected chi connectivity index (χ1v) is 7.60. The number of nitrogens with one attached hydrogen (secondary N) is 1. The van der Waals surface area contributed by atoms with Gasteiger partial charge in [0.15, 0.2) is 0 Å². The van der Waals surface area contributed by atoms with Gasteiger partial charge in [0, 0.05) is 25.7 Å².